The lowest BCUT2D eigenvalue weighted by atomic mass is 10.1. The third-order valence-corrected chi connectivity index (χ3v) is 7.99. The molecule has 110 valence electrons. The van der Waals surface area contributed by atoms with Crippen LogP contribution in [0.1, 0.15) is 16.7 Å². The van der Waals surface area contributed by atoms with Crippen LogP contribution in [0.5, 0.6) is 0 Å². The Morgan fingerprint density at radius 2 is 1.57 bits per heavy atom. The van der Waals surface area contributed by atoms with Crippen LogP contribution in [0.4, 0.5) is 0 Å². The van der Waals surface area contributed by atoms with Gasteiger partial charge in [-0.15, -0.1) is 0 Å². The number of carbonyl (C=O) groups excluding carboxylic acids is 1. The van der Waals surface area contributed by atoms with Gasteiger partial charge in [-0.2, -0.15) is 0 Å². The predicted molar refractivity (Wildman–Crippen MR) is 89.5 cm³/mol. The SMILES string of the molecule is COC(=O)C(c1ccccc1C)[Si](C)(C)c1ccccc1. The average Bonchev–Trinajstić information content (AvgIpc) is 2.50. The number of hydrogen-bond acceptors (Lipinski definition) is 2. The van der Waals surface area contributed by atoms with Crippen molar-refractivity contribution in [3.63, 3.8) is 0 Å². The van der Waals surface area contributed by atoms with Crippen molar-refractivity contribution in [1.82, 2.24) is 0 Å². The zero-order chi connectivity index (χ0) is 15.5. The van der Waals surface area contributed by atoms with Gasteiger partial charge in [0.2, 0.25) is 0 Å². The Bertz CT molecular complexity index is 620. The van der Waals surface area contributed by atoms with E-state index >= 15 is 0 Å². The van der Waals surface area contributed by atoms with Gasteiger partial charge in [-0.1, -0.05) is 72.9 Å². The van der Waals surface area contributed by atoms with Crippen molar-refractivity contribution in [2.75, 3.05) is 7.11 Å². The van der Waals surface area contributed by atoms with Crippen LogP contribution in [0, 0.1) is 6.92 Å². The van der Waals surface area contributed by atoms with E-state index < -0.39 is 8.07 Å². The summed E-state index contributed by atoms with van der Waals surface area (Å²) < 4.78 is 5.13. The molecule has 0 fully saturated rings. The number of benzene rings is 2. The molecule has 0 aromatic heterocycles. The van der Waals surface area contributed by atoms with Gasteiger partial charge in [-0.3, -0.25) is 4.79 Å². The highest BCUT2D eigenvalue weighted by molar-refractivity contribution is 6.93. The molecule has 0 aliphatic carbocycles. The van der Waals surface area contributed by atoms with E-state index in [0.29, 0.717) is 0 Å². The van der Waals surface area contributed by atoms with Crippen molar-refractivity contribution < 1.29 is 9.53 Å². The Kier molecular flexibility index (Phi) is 4.63. The van der Waals surface area contributed by atoms with E-state index in [-0.39, 0.29) is 11.5 Å². The first-order valence-corrected chi connectivity index (χ1v) is 10.2. The normalized spacial score (nSPS) is 12.8. The number of aryl methyl sites for hydroxylation is 1. The molecule has 0 amide bonds. The van der Waals surface area contributed by atoms with Gasteiger partial charge in [-0.05, 0) is 18.1 Å². The maximum Gasteiger partial charge on any atom is 0.310 e. The lowest BCUT2D eigenvalue weighted by Crippen LogP contribution is -2.51. The molecule has 1 atom stereocenters. The molecular weight excluding hydrogens is 276 g/mol. The number of ether oxygens (including phenoxy) is 1. The molecule has 0 spiro atoms. The van der Waals surface area contributed by atoms with Crippen molar-refractivity contribution in [2.45, 2.75) is 25.6 Å². The van der Waals surface area contributed by atoms with Gasteiger partial charge in [0, 0.05) is 0 Å². The maximum absolute atomic E-state index is 12.5. The Morgan fingerprint density at radius 3 is 2.14 bits per heavy atom. The fraction of sp³-hybridized carbons (Fsp3) is 0.278. The smallest absolute Gasteiger partial charge is 0.310 e. The Balaban J connectivity index is 2.56. The van der Waals surface area contributed by atoms with Crippen molar-refractivity contribution in [1.29, 1.82) is 0 Å². The molecule has 2 aromatic rings. The molecule has 21 heavy (non-hydrogen) atoms. The van der Waals surface area contributed by atoms with Gasteiger partial charge < -0.3 is 4.74 Å². The van der Waals surface area contributed by atoms with Crippen LogP contribution in [-0.4, -0.2) is 21.2 Å². The molecule has 2 aromatic carbocycles. The summed E-state index contributed by atoms with van der Waals surface area (Å²) in [6.07, 6.45) is 0. The van der Waals surface area contributed by atoms with Crippen LogP contribution in [0.3, 0.4) is 0 Å². The number of hydrogen-bond donors (Lipinski definition) is 0. The molecule has 0 aliphatic rings. The zero-order valence-electron chi connectivity index (χ0n) is 13.1. The Labute approximate surface area is 127 Å². The fourth-order valence-electron chi connectivity index (χ4n) is 2.87. The average molecular weight is 298 g/mol. The van der Waals surface area contributed by atoms with Gasteiger partial charge in [0.15, 0.2) is 0 Å². The van der Waals surface area contributed by atoms with Gasteiger partial charge >= 0.3 is 5.97 Å². The molecule has 0 radical (unpaired) electrons. The van der Waals surface area contributed by atoms with Crippen molar-refractivity contribution in [3.05, 3.63) is 65.7 Å². The quantitative estimate of drug-likeness (QED) is 0.639. The van der Waals surface area contributed by atoms with Crippen LogP contribution in [0.15, 0.2) is 54.6 Å². The largest absolute Gasteiger partial charge is 0.469 e. The third-order valence-electron chi connectivity index (χ3n) is 4.18. The van der Waals surface area contributed by atoms with Crippen LogP contribution >= 0.6 is 0 Å². The molecule has 0 aliphatic heterocycles. The summed E-state index contributed by atoms with van der Waals surface area (Å²) in [6.45, 7) is 6.52. The second kappa shape index (κ2) is 6.27. The molecule has 1 unspecified atom stereocenters. The van der Waals surface area contributed by atoms with Crippen molar-refractivity contribution in [2.24, 2.45) is 0 Å². The third kappa shape index (κ3) is 3.08. The zero-order valence-corrected chi connectivity index (χ0v) is 14.1. The molecule has 0 N–H and O–H groups in total. The molecule has 0 bridgehead atoms. The van der Waals surface area contributed by atoms with E-state index in [0.717, 1.165) is 11.1 Å². The van der Waals surface area contributed by atoms with E-state index in [9.17, 15) is 4.79 Å². The minimum Gasteiger partial charge on any atom is -0.469 e. The van der Waals surface area contributed by atoms with E-state index in [2.05, 4.69) is 44.3 Å². The minimum atomic E-state index is -2.04. The summed E-state index contributed by atoms with van der Waals surface area (Å²) in [5.41, 5.74) is 2.04. The van der Waals surface area contributed by atoms with Crippen molar-refractivity contribution in [3.8, 4) is 0 Å². The lowest BCUT2D eigenvalue weighted by Gasteiger charge is -2.32. The molecule has 2 rings (SSSR count). The molecule has 3 heteroatoms. The number of rotatable bonds is 4. The number of esters is 1. The first-order chi connectivity index (χ1) is 9.98. The summed E-state index contributed by atoms with van der Waals surface area (Å²) >= 11 is 0. The van der Waals surface area contributed by atoms with E-state index in [1.807, 2.05) is 30.3 Å². The predicted octanol–water partition coefficient (Wildman–Crippen LogP) is 3.41. The summed E-state index contributed by atoms with van der Waals surface area (Å²) in [7, 11) is -0.564. The van der Waals surface area contributed by atoms with E-state index in [4.69, 9.17) is 4.74 Å². The van der Waals surface area contributed by atoms with Crippen molar-refractivity contribution >= 4 is 19.2 Å². The van der Waals surface area contributed by atoms with E-state index in [1.54, 1.807) is 0 Å². The lowest BCUT2D eigenvalue weighted by molar-refractivity contribution is -0.140. The Hall–Kier alpha value is -1.87. The second-order valence-electron chi connectivity index (χ2n) is 5.90. The standard InChI is InChI=1S/C18H22O2Si/c1-14-10-8-9-13-16(14)17(18(19)20-2)21(3,4)15-11-6-5-7-12-15/h5-13,17H,1-4H3. The molecule has 0 heterocycles. The number of carbonyl (C=O) groups is 1. The van der Waals surface area contributed by atoms with Gasteiger partial charge in [-0.25, -0.2) is 0 Å². The molecule has 2 nitrogen and oxygen atoms in total. The first-order valence-electron chi connectivity index (χ1n) is 7.17. The van der Waals surface area contributed by atoms with Gasteiger partial charge in [0.05, 0.1) is 12.7 Å². The highest BCUT2D eigenvalue weighted by Gasteiger charge is 2.41. The monoisotopic (exact) mass is 298 g/mol. The van der Waals surface area contributed by atoms with Crippen LogP contribution in [0.2, 0.25) is 13.1 Å². The maximum atomic E-state index is 12.5. The van der Waals surface area contributed by atoms with Crippen LogP contribution in [0.25, 0.3) is 0 Å². The van der Waals surface area contributed by atoms with Crippen LogP contribution in [-0.2, 0) is 9.53 Å². The fourth-order valence-corrected chi connectivity index (χ4v) is 6.07. The first kappa shape index (κ1) is 15.5. The van der Waals surface area contributed by atoms with Gasteiger partial charge in [0.1, 0.15) is 8.07 Å². The van der Waals surface area contributed by atoms with E-state index in [1.165, 1.54) is 12.3 Å². The molecule has 0 saturated heterocycles. The topological polar surface area (TPSA) is 26.3 Å². The minimum absolute atomic E-state index is 0.134. The number of methoxy groups -OCH3 is 1. The highest BCUT2D eigenvalue weighted by Crippen LogP contribution is 2.30. The summed E-state index contributed by atoms with van der Waals surface area (Å²) in [6, 6.07) is 18.4. The Morgan fingerprint density at radius 1 is 1.00 bits per heavy atom. The highest BCUT2D eigenvalue weighted by atomic mass is 28.3. The second-order valence-corrected chi connectivity index (χ2v) is 10.5. The summed E-state index contributed by atoms with van der Waals surface area (Å²) in [4.78, 5) is 12.5. The molecular formula is C18H22O2Si. The summed E-state index contributed by atoms with van der Waals surface area (Å²) in [5.74, 6) is -0.134. The molecule has 0 saturated carbocycles. The van der Waals surface area contributed by atoms with Gasteiger partial charge in [0.25, 0.3) is 0 Å². The summed E-state index contributed by atoms with van der Waals surface area (Å²) in [5, 5.41) is 1.27. The van der Waals surface area contributed by atoms with Crippen LogP contribution < -0.4 is 5.19 Å².